The normalized spacial score (nSPS) is 10.9. The van der Waals surface area contributed by atoms with Crippen molar-refractivity contribution in [2.24, 2.45) is 5.16 Å². The third-order valence-electron chi connectivity index (χ3n) is 2.81. The van der Waals surface area contributed by atoms with Gasteiger partial charge in [-0.1, -0.05) is 28.9 Å². The molecule has 0 aliphatic heterocycles. The van der Waals surface area contributed by atoms with E-state index in [1.807, 2.05) is 0 Å². The summed E-state index contributed by atoms with van der Waals surface area (Å²) in [5.41, 5.74) is 1.21. The van der Waals surface area contributed by atoms with Gasteiger partial charge < -0.3 is 15.1 Å². The first-order valence-electron chi connectivity index (χ1n) is 5.61. The van der Waals surface area contributed by atoms with Crippen LogP contribution in [0.15, 0.2) is 35.5 Å². The number of aromatic hydroxyl groups is 1. The second-order valence-electron chi connectivity index (χ2n) is 3.96. The monoisotopic (exact) mass is 295 g/mol. The molecule has 0 bridgehead atoms. The second-order valence-corrected chi connectivity index (χ2v) is 4.34. The Hall–Kier alpha value is -2.27. The quantitative estimate of drug-likeness (QED) is 0.516. The molecule has 20 heavy (non-hydrogen) atoms. The van der Waals surface area contributed by atoms with Crippen LogP contribution in [0.2, 0.25) is 5.02 Å². The molecule has 0 unspecified atom stereocenters. The first-order chi connectivity index (χ1) is 9.58. The Morgan fingerprint density at radius 3 is 2.65 bits per heavy atom. The number of rotatable bonds is 3. The van der Waals surface area contributed by atoms with Gasteiger partial charge in [0, 0.05) is 11.1 Å². The molecule has 0 atom stereocenters. The van der Waals surface area contributed by atoms with Gasteiger partial charge in [-0.25, -0.2) is 4.39 Å². The van der Waals surface area contributed by atoms with E-state index in [9.17, 15) is 9.50 Å². The number of halogens is 2. The molecule has 2 aromatic carbocycles. The highest BCUT2D eigenvalue weighted by molar-refractivity contribution is 6.35. The van der Waals surface area contributed by atoms with E-state index < -0.39 is 5.82 Å². The Morgan fingerprint density at radius 1 is 1.30 bits per heavy atom. The minimum absolute atomic E-state index is 0.0481. The van der Waals surface area contributed by atoms with Crippen molar-refractivity contribution >= 4 is 17.8 Å². The summed E-state index contributed by atoms with van der Waals surface area (Å²) in [6, 6.07) is 7.47. The number of methoxy groups -OCH3 is 1. The number of ether oxygens (including phenoxy) is 1. The number of hydrogen-bond donors (Lipinski definition) is 2. The minimum atomic E-state index is -0.526. The molecular formula is C14H11ClFNO3. The summed E-state index contributed by atoms with van der Waals surface area (Å²) in [5.74, 6) is -0.641. The molecule has 0 amide bonds. The molecule has 0 aliphatic rings. The SMILES string of the molecule is COc1ccc(-c2ccc(/C=N/O)c(O)c2Cl)cc1F. The molecule has 104 valence electrons. The maximum Gasteiger partial charge on any atom is 0.165 e. The van der Waals surface area contributed by atoms with Crippen LogP contribution in [-0.2, 0) is 0 Å². The molecule has 4 nitrogen and oxygen atoms in total. The third kappa shape index (κ3) is 2.53. The second kappa shape index (κ2) is 5.79. The van der Waals surface area contributed by atoms with Crippen LogP contribution in [0.5, 0.6) is 11.5 Å². The van der Waals surface area contributed by atoms with Gasteiger partial charge in [-0.05, 0) is 23.8 Å². The molecule has 2 aromatic rings. The van der Waals surface area contributed by atoms with E-state index in [2.05, 4.69) is 5.16 Å². The predicted octanol–water partition coefficient (Wildman–Crippen LogP) is 3.67. The highest BCUT2D eigenvalue weighted by Crippen LogP contribution is 2.37. The number of phenols is 1. The van der Waals surface area contributed by atoms with E-state index in [1.54, 1.807) is 12.1 Å². The predicted molar refractivity (Wildman–Crippen MR) is 74.4 cm³/mol. The van der Waals surface area contributed by atoms with Crippen LogP contribution in [0.25, 0.3) is 11.1 Å². The maximum atomic E-state index is 13.7. The molecule has 0 saturated carbocycles. The van der Waals surface area contributed by atoms with Gasteiger partial charge in [0.2, 0.25) is 0 Å². The zero-order valence-corrected chi connectivity index (χ0v) is 11.2. The van der Waals surface area contributed by atoms with E-state index in [4.69, 9.17) is 21.5 Å². The number of phenolic OH excluding ortho intramolecular Hbond substituents is 1. The molecule has 0 aliphatic carbocycles. The zero-order valence-electron chi connectivity index (χ0n) is 10.5. The highest BCUT2D eigenvalue weighted by atomic mass is 35.5. The van der Waals surface area contributed by atoms with Crippen molar-refractivity contribution in [1.29, 1.82) is 0 Å². The lowest BCUT2D eigenvalue weighted by Crippen LogP contribution is -1.90. The van der Waals surface area contributed by atoms with Gasteiger partial charge in [0.05, 0.1) is 18.3 Å². The summed E-state index contributed by atoms with van der Waals surface area (Å²) in [4.78, 5) is 0. The Morgan fingerprint density at radius 2 is 2.05 bits per heavy atom. The topological polar surface area (TPSA) is 62.0 Å². The Kier molecular flexibility index (Phi) is 4.10. The van der Waals surface area contributed by atoms with Gasteiger partial charge in [0.1, 0.15) is 5.75 Å². The lowest BCUT2D eigenvalue weighted by molar-refractivity contribution is 0.321. The van der Waals surface area contributed by atoms with E-state index >= 15 is 0 Å². The highest BCUT2D eigenvalue weighted by Gasteiger charge is 2.13. The van der Waals surface area contributed by atoms with Crippen molar-refractivity contribution in [3.8, 4) is 22.6 Å². The van der Waals surface area contributed by atoms with Gasteiger partial charge in [-0.2, -0.15) is 0 Å². The third-order valence-corrected chi connectivity index (χ3v) is 3.19. The fourth-order valence-corrected chi connectivity index (χ4v) is 2.08. The smallest absolute Gasteiger partial charge is 0.165 e. The minimum Gasteiger partial charge on any atom is -0.506 e. The van der Waals surface area contributed by atoms with Crippen LogP contribution >= 0.6 is 11.6 Å². The summed E-state index contributed by atoms with van der Waals surface area (Å²) in [6.07, 6.45) is 1.06. The van der Waals surface area contributed by atoms with Crippen molar-refractivity contribution in [3.63, 3.8) is 0 Å². The summed E-state index contributed by atoms with van der Waals surface area (Å²) in [6.45, 7) is 0. The largest absolute Gasteiger partial charge is 0.506 e. The van der Waals surface area contributed by atoms with Crippen molar-refractivity contribution in [1.82, 2.24) is 0 Å². The maximum absolute atomic E-state index is 13.7. The molecule has 2 rings (SSSR count). The van der Waals surface area contributed by atoms with Crippen LogP contribution in [-0.4, -0.2) is 23.6 Å². The first-order valence-corrected chi connectivity index (χ1v) is 5.99. The van der Waals surface area contributed by atoms with Gasteiger partial charge in [0.25, 0.3) is 0 Å². The van der Waals surface area contributed by atoms with Gasteiger partial charge >= 0.3 is 0 Å². The van der Waals surface area contributed by atoms with Crippen LogP contribution in [0, 0.1) is 5.82 Å². The van der Waals surface area contributed by atoms with E-state index in [1.165, 1.54) is 25.3 Å². The average molecular weight is 296 g/mol. The van der Waals surface area contributed by atoms with E-state index in [0.717, 1.165) is 6.21 Å². The molecule has 0 aromatic heterocycles. The van der Waals surface area contributed by atoms with Crippen molar-refractivity contribution in [2.75, 3.05) is 7.11 Å². The summed E-state index contributed by atoms with van der Waals surface area (Å²) in [5, 5.41) is 21.2. The van der Waals surface area contributed by atoms with Crippen LogP contribution in [0.3, 0.4) is 0 Å². The van der Waals surface area contributed by atoms with E-state index in [0.29, 0.717) is 11.1 Å². The van der Waals surface area contributed by atoms with Gasteiger partial charge in [0.15, 0.2) is 11.6 Å². The number of hydrogen-bond acceptors (Lipinski definition) is 4. The lowest BCUT2D eigenvalue weighted by Gasteiger charge is -2.09. The van der Waals surface area contributed by atoms with Crippen LogP contribution in [0.4, 0.5) is 4.39 Å². The average Bonchev–Trinajstić information content (AvgIpc) is 2.44. The Bertz CT molecular complexity index is 674. The van der Waals surface area contributed by atoms with Gasteiger partial charge in [-0.3, -0.25) is 0 Å². The standard InChI is InChI=1S/C14H11ClFNO3/c1-20-12-5-3-8(6-11(12)16)10-4-2-9(7-17-19)14(18)13(10)15/h2-7,18-19H,1H3/b17-7+. The van der Waals surface area contributed by atoms with Crippen molar-refractivity contribution in [3.05, 3.63) is 46.7 Å². The Labute approximate surface area is 119 Å². The Balaban J connectivity index is 2.53. The molecule has 0 spiro atoms. The molecule has 0 fully saturated rings. The molecule has 0 saturated heterocycles. The summed E-state index contributed by atoms with van der Waals surface area (Å²) >= 11 is 6.05. The zero-order chi connectivity index (χ0) is 14.7. The fraction of sp³-hybridized carbons (Fsp3) is 0.0714. The molecule has 2 N–H and O–H groups in total. The summed E-state index contributed by atoms with van der Waals surface area (Å²) in [7, 11) is 1.37. The van der Waals surface area contributed by atoms with Crippen molar-refractivity contribution in [2.45, 2.75) is 0 Å². The lowest BCUT2D eigenvalue weighted by atomic mass is 10.0. The molecular weight excluding hydrogens is 285 g/mol. The first kappa shape index (κ1) is 14.1. The van der Waals surface area contributed by atoms with Crippen LogP contribution < -0.4 is 4.74 Å². The number of nitrogens with zero attached hydrogens (tertiary/aromatic N) is 1. The molecule has 6 heteroatoms. The van der Waals surface area contributed by atoms with Gasteiger partial charge in [-0.15, -0.1) is 0 Å². The number of oxime groups is 1. The van der Waals surface area contributed by atoms with Crippen LogP contribution in [0.1, 0.15) is 5.56 Å². The molecule has 0 radical (unpaired) electrons. The fourth-order valence-electron chi connectivity index (χ4n) is 1.80. The van der Waals surface area contributed by atoms with E-state index in [-0.39, 0.29) is 22.1 Å². The number of benzene rings is 2. The van der Waals surface area contributed by atoms with Crippen molar-refractivity contribution < 1.29 is 19.4 Å². The summed E-state index contributed by atoms with van der Waals surface area (Å²) < 4.78 is 18.5. The molecule has 0 heterocycles.